The van der Waals surface area contributed by atoms with Gasteiger partial charge in [0.2, 0.25) is 0 Å². The lowest BCUT2D eigenvalue weighted by Gasteiger charge is -2.34. The summed E-state index contributed by atoms with van der Waals surface area (Å²) in [6, 6.07) is 9.42. The number of rotatable bonds is 5. The third-order valence-corrected chi connectivity index (χ3v) is 5.74. The Bertz CT molecular complexity index is 713. The molecule has 0 spiro atoms. The summed E-state index contributed by atoms with van der Waals surface area (Å²) in [4.78, 5) is 40.3. The minimum absolute atomic E-state index is 0.115. The molecule has 2 aliphatic heterocycles. The number of piperidine rings is 1. The molecule has 164 valence electrons. The molecule has 2 heterocycles. The van der Waals surface area contributed by atoms with Crippen LogP contribution in [0.5, 0.6) is 0 Å². The van der Waals surface area contributed by atoms with E-state index in [0.717, 1.165) is 24.8 Å². The lowest BCUT2D eigenvalue weighted by atomic mass is 9.94. The van der Waals surface area contributed by atoms with E-state index in [9.17, 15) is 14.4 Å². The van der Waals surface area contributed by atoms with Gasteiger partial charge in [0.15, 0.2) is 0 Å². The largest absolute Gasteiger partial charge is 0.465 e. The van der Waals surface area contributed by atoms with Gasteiger partial charge in [-0.25, -0.2) is 14.4 Å². The maximum Gasteiger partial charge on any atom is 0.410 e. The van der Waals surface area contributed by atoms with Gasteiger partial charge in [0.05, 0.1) is 0 Å². The van der Waals surface area contributed by atoms with Crippen LogP contribution in [-0.4, -0.2) is 83.8 Å². The third kappa shape index (κ3) is 6.27. The number of carboxylic acid groups (broad SMARTS) is 1. The molecule has 2 aliphatic rings. The maximum absolute atomic E-state index is 12.4. The minimum Gasteiger partial charge on any atom is -0.465 e. The fourth-order valence-corrected chi connectivity index (χ4v) is 3.81. The SMILES string of the molecule is O=C(O)N1CCC(CCNC(=O)N2CCN(C(=O)OCc3ccccc3)CC2)CC1. The fourth-order valence-electron chi connectivity index (χ4n) is 3.81. The second-order valence-electron chi connectivity index (χ2n) is 7.75. The van der Waals surface area contributed by atoms with Crippen LogP contribution in [0.25, 0.3) is 0 Å². The molecule has 9 nitrogen and oxygen atoms in total. The number of ether oxygens (including phenoxy) is 1. The summed E-state index contributed by atoms with van der Waals surface area (Å²) < 4.78 is 5.35. The number of piperazine rings is 1. The molecule has 4 amide bonds. The van der Waals surface area contributed by atoms with E-state index in [0.29, 0.717) is 51.7 Å². The molecule has 0 radical (unpaired) electrons. The fraction of sp³-hybridized carbons (Fsp3) is 0.571. The van der Waals surface area contributed by atoms with Crippen molar-refractivity contribution < 1.29 is 24.2 Å². The standard InChI is InChI=1S/C21H30N4O5/c26-19(22-9-6-17-7-10-24(11-8-17)20(27)28)23-12-14-25(15-13-23)21(29)30-16-18-4-2-1-3-5-18/h1-5,17H,6-16H2,(H,22,26)(H,27,28). The topological polar surface area (TPSA) is 102 Å². The van der Waals surface area contributed by atoms with Crippen molar-refractivity contribution >= 4 is 18.2 Å². The van der Waals surface area contributed by atoms with Gasteiger partial charge in [0, 0.05) is 45.8 Å². The van der Waals surface area contributed by atoms with Gasteiger partial charge in [0.1, 0.15) is 6.61 Å². The number of carbonyl (C=O) groups excluding carboxylic acids is 2. The zero-order chi connectivity index (χ0) is 21.3. The van der Waals surface area contributed by atoms with E-state index < -0.39 is 6.09 Å². The normalized spacial score (nSPS) is 17.5. The van der Waals surface area contributed by atoms with Crippen molar-refractivity contribution in [3.63, 3.8) is 0 Å². The van der Waals surface area contributed by atoms with Crippen LogP contribution in [0.15, 0.2) is 30.3 Å². The van der Waals surface area contributed by atoms with E-state index in [2.05, 4.69) is 5.32 Å². The van der Waals surface area contributed by atoms with E-state index in [1.54, 1.807) is 9.80 Å². The van der Waals surface area contributed by atoms with Crippen molar-refractivity contribution in [1.29, 1.82) is 0 Å². The van der Waals surface area contributed by atoms with Crippen molar-refractivity contribution in [2.45, 2.75) is 25.9 Å². The highest BCUT2D eigenvalue weighted by atomic mass is 16.6. The number of hydrogen-bond acceptors (Lipinski definition) is 4. The Morgan fingerprint density at radius 2 is 1.57 bits per heavy atom. The van der Waals surface area contributed by atoms with Crippen molar-refractivity contribution in [2.24, 2.45) is 5.92 Å². The van der Waals surface area contributed by atoms with Crippen molar-refractivity contribution in [1.82, 2.24) is 20.0 Å². The molecule has 2 saturated heterocycles. The van der Waals surface area contributed by atoms with Crippen molar-refractivity contribution in [2.75, 3.05) is 45.8 Å². The van der Waals surface area contributed by atoms with Crippen LogP contribution in [-0.2, 0) is 11.3 Å². The smallest absolute Gasteiger partial charge is 0.410 e. The van der Waals surface area contributed by atoms with E-state index in [-0.39, 0.29) is 18.7 Å². The predicted octanol–water partition coefficient (Wildman–Crippen LogP) is 2.43. The second-order valence-corrected chi connectivity index (χ2v) is 7.75. The molecular formula is C21H30N4O5. The first-order valence-corrected chi connectivity index (χ1v) is 10.5. The van der Waals surface area contributed by atoms with Gasteiger partial charge in [-0.1, -0.05) is 30.3 Å². The first-order chi connectivity index (χ1) is 14.5. The van der Waals surface area contributed by atoms with Crippen LogP contribution >= 0.6 is 0 Å². The summed E-state index contributed by atoms with van der Waals surface area (Å²) in [7, 11) is 0. The maximum atomic E-state index is 12.4. The highest BCUT2D eigenvalue weighted by Gasteiger charge is 2.26. The highest BCUT2D eigenvalue weighted by Crippen LogP contribution is 2.20. The summed E-state index contributed by atoms with van der Waals surface area (Å²) in [6.07, 6.45) is 1.32. The van der Waals surface area contributed by atoms with Crippen LogP contribution in [0.1, 0.15) is 24.8 Å². The van der Waals surface area contributed by atoms with Crippen molar-refractivity contribution in [3.05, 3.63) is 35.9 Å². The Hall–Kier alpha value is -2.97. The summed E-state index contributed by atoms with van der Waals surface area (Å²) in [6.45, 7) is 3.81. The van der Waals surface area contributed by atoms with Gasteiger partial charge in [-0.3, -0.25) is 0 Å². The van der Waals surface area contributed by atoms with E-state index in [1.807, 2.05) is 30.3 Å². The summed E-state index contributed by atoms with van der Waals surface area (Å²) >= 11 is 0. The number of likely N-dealkylation sites (tertiary alicyclic amines) is 1. The number of carbonyl (C=O) groups is 3. The van der Waals surface area contributed by atoms with Gasteiger partial charge >= 0.3 is 18.2 Å². The minimum atomic E-state index is -0.857. The van der Waals surface area contributed by atoms with Crippen LogP contribution in [0.3, 0.4) is 0 Å². The molecule has 2 N–H and O–H groups in total. The zero-order valence-corrected chi connectivity index (χ0v) is 17.2. The Morgan fingerprint density at radius 3 is 2.20 bits per heavy atom. The lowest BCUT2D eigenvalue weighted by Crippen LogP contribution is -2.53. The second kappa shape index (κ2) is 10.7. The van der Waals surface area contributed by atoms with Gasteiger partial charge in [-0.2, -0.15) is 0 Å². The molecule has 2 fully saturated rings. The lowest BCUT2D eigenvalue weighted by molar-refractivity contribution is 0.0767. The molecule has 1 aromatic rings. The number of amides is 4. The highest BCUT2D eigenvalue weighted by molar-refractivity contribution is 5.75. The third-order valence-electron chi connectivity index (χ3n) is 5.74. The Morgan fingerprint density at radius 1 is 0.933 bits per heavy atom. The Labute approximate surface area is 176 Å². The molecule has 0 saturated carbocycles. The first kappa shape index (κ1) is 21.7. The van der Waals surface area contributed by atoms with Crippen LogP contribution < -0.4 is 5.32 Å². The number of benzene rings is 1. The number of nitrogens with zero attached hydrogens (tertiary/aromatic N) is 3. The van der Waals surface area contributed by atoms with Gasteiger partial charge < -0.3 is 29.9 Å². The quantitative estimate of drug-likeness (QED) is 0.765. The van der Waals surface area contributed by atoms with Gasteiger partial charge in [-0.15, -0.1) is 0 Å². The predicted molar refractivity (Wildman–Crippen MR) is 110 cm³/mol. The summed E-state index contributed by atoms with van der Waals surface area (Å²) in [5, 5.41) is 11.9. The first-order valence-electron chi connectivity index (χ1n) is 10.5. The average Bonchev–Trinajstić information content (AvgIpc) is 2.78. The van der Waals surface area contributed by atoms with Crippen LogP contribution in [0, 0.1) is 5.92 Å². The molecule has 0 aliphatic carbocycles. The molecule has 0 atom stereocenters. The Balaban J connectivity index is 1.29. The molecular weight excluding hydrogens is 388 g/mol. The van der Waals surface area contributed by atoms with E-state index in [4.69, 9.17) is 9.84 Å². The zero-order valence-electron chi connectivity index (χ0n) is 17.2. The number of nitrogens with one attached hydrogen (secondary N) is 1. The monoisotopic (exact) mass is 418 g/mol. The molecule has 0 bridgehead atoms. The molecule has 0 aromatic heterocycles. The summed E-state index contributed by atoms with van der Waals surface area (Å²) in [5.41, 5.74) is 0.942. The molecule has 30 heavy (non-hydrogen) atoms. The molecule has 9 heteroatoms. The van der Waals surface area contributed by atoms with E-state index in [1.165, 1.54) is 4.90 Å². The molecule has 1 aromatic carbocycles. The van der Waals surface area contributed by atoms with Gasteiger partial charge in [-0.05, 0) is 30.7 Å². The Kier molecular flexibility index (Phi) is 7.75. The average molecular weight is 418 g/mol. The van der Waals surface area contributed by atoms with Crippen LogP contribution in [0.4, 0.5) is 14.4 Å². The number of hydrogen-bond donors (Lipinski definition) is 2. The molecule has 3 rings (SSSR count). The van der Waals surface area contributed by atoms with Gasteiger partial charge in [0.25, 0.3) is 0 Å². The van der Waals surface area contributed by atoms with Crippen LogP contribution in [0.2, 0.25) is 0 Å². The van der Waals surface area contributed by atoms with Crippen molar-refractivity contribution in [3.8, 4) is 0 Å². The van der Waals surface area contributed by atoms with E-state index >= 15 is 0 Å². The summed E-state index contributed by atoms with van der Waals surface area (Å²) in [5.74, 6) is 0.442. The molecule has 0 unspecified atom stereocenters. The number of urea groups is 1.